The van der Waals surface area contributed by atoms with Crippen molar-refractivity contribution in [3.63, 3.8) is 0 Å². The van der Waals surface area contributed by atoms with Gasteiger partial charge in [-0.05, 0) is 19.4 Å². The molecule has 0 saturated carbocycles. The Morgan fingerprint density at radius 2 is 1.88 bits per heavy atom. The van der Waals surface area contributed by atoms with E-state index in [2.05, 4.69) is 10.1 Å². The SMILES string of the molecule is CC(C)(C)C(=O)C(=O)OC(=O)C1CCCN1. The van der Waals surface area contributed by atoms with Crippen molar-refractivity contribution in [1.82, 2.24) is 5.32 Å². The topological polar surface area (TPSA) is 72.5 Å². The van der Waals surface area contributed by atoms with Crippen LogP contribution in [0.15, 0.2) is 0 Å². The maximum absolute atomic E-state index is 11.5. The minimum absolute atomic E-state index is 0.447. The molecule has 90 valence electrons. The molecule has 1 atom stereocenters. The summed E-state index contributed by atoms with van der Waals surface area (Å²) >= 11 is 0. The fourth-order valence-electron chi connectivity index (χ4n) is 1.40. The van der Waals surface area contributed by atoms with E-state index < -0.39 is 29.2 Å². The first-order valence-electron chi connectivity index (χ1n) is 5.36. The third-order valence-electron chi connectivity index (χ3n) is 2.40. The van der Waals surface area contributed by atoms with Crippen molar-refractivity contribution in [2.24, 2.45) is 5.41 Å². The minimum Gasteiger partial charge on any atom is -0.386 e. The van der Waals surface area contributed by atoms with Crippen LogP contribution in [0.3, 0.4) is 0 Å². The molecule has 1 aliphatic rings. The van der Waals surface area contributed by atoms with E-state index in [4.69, 9.17) is 0 Å². The van der Waals surface area contributed by atoms with Gasteiger partial charge in [0.2, 0.25) is 5.78 Å². The van der Waals surface area contributed by atoms with E-state index >= 15 is 0 Å². The summed E-state index contributed by atoms with van der Waals surface area (Å²) in [6.45, 7) is 5.56. The molecule has 0 aromatic rings. The summed E-state index contributed by atoms with van der Waals surface area (Å²) in [5.41, 5.74) is -0.819. The number of ether oxygens (including phenoxy) is 1. The molecule has 0 aromatic heterocycles. The van der Waals surface area contributed by atoms with Crippen molar-refractivity contribution in [2.75, 3.05) is 6.54 Å². The van der Waals surface area contributed by atoms with Gasteiger partial charge in [-0.25, -0.2) is 9.59 Å². The van der Waals surface area contributed by atoms with Gasteiger partial charge in [0.05, 0.1) is 0 Å². The van der Waals surface area contributed by atoms with Crippen LogP contribution in [-0.4, -0.2) is 30.3 Å². The summed E-state index contributed by atoms with van der Waals surface area (Å²) in [6, 6.07) is -0.447. The summed E-state index contributed by atoms with van der Waals surface area (Å²) in [5.74, 6) is -2.40. The van der Waals surface area contributed by atoms with E-state index in [1.54, 1.807) is 20.8 Å². The van der Waals surface area contributed by atoms with Crippen LogP contribution in [0.2, 0.25) is 0 Å². The lowest BCUT2D eigenvalue weighted by atomic mass is 9.91. The lowest BCUT2D eigenvalue weighted by molar-refractivity contribution is -0.167. The van der Waals surface area contributed by atoms with Crippen molar-refractivity contribution in [3.05, 3.63) is 0 Å². The number of hydrogen-bond acceptors (Lipinski definition) is 5. The highest BCUT2D eigenvalue weighted by atomic mass is 16.6. The minimum atomic E-state index is -1.06. The molecule has 1 N–H and O–H groups in total. The monoisotopic (exact) mass is 227 g/mol. The predicted octanol–water partition coefficient (Wildman–Crippen LogP) is 0.423. The van der Waals surface area contributed by atoms with Gasteiger partial charge in [-0.1, -0.05) is 20.8 Å². The molecule has 1 saturated heterocycles. The summed E-state index contributed by atoms with van der Waals surface area (Å²) in [7, 11) is 0. The molecule has 1 aliphatic heterocycles. The number of hydrogen-bond donors (Lipinski definition) is 1. The van der Waals surface area contributed by atoms with Crippen molar-refractivity contribution >= 4 is 17.7 Å². The number of ketones is 1. The van der Waals surface area contributed by atoms with Crippen LogP contribution in [0.5, 0.6) is 0 Å². The average Bonchev–Trinajstić information content (AvgIpc) is 2.67. The fourth-order valence-corrected chi connectivity index (χ4v) is 1.40. The molecule has 0 aliphatic carbocycles. The Hall–Kier alpha value is -1.23. The normalized spacial score (nSPS) is 20.6. The zero-order valence-corrected chi connectivity index (χ0v) is 9.83. The molecule has 5 heteroatoms. The molecule has 0 aromatic carbocycles. The Bertz CT molecular complexity index is 310. The molecule has 0 bridgehead atoms. The second-order valence-electron chi connectivity index (χ2n) is 4.94. The number of nitrogens with one attached hydrogen (secondary N) is 1. The molecule has 0 radical (unpaired) electrons. The quantitative estimate of drug-likeness (QED) is 0.420. The van der Waals surface area contributed by atoms with Gasteiger partial charge in [0.15, 0.2) is 0 Å². The maximum atomic E-state index is 11.5. The summed E-state index contributed by atoms with van der Waals surface area (Å²) < 4.78 is 4.53. The second-order valence-corrected chi connectivity index (χ2v) is 4.94. The molecular formula is C11H17NO4. The average molecular weight is 227 g/mol. The molecule has 16 heavy (non-hydrogen) atoms. The predicted molar refractivity (Wildman–Crippen MR) is 56.6 cm³/mol. The molecule has 0 amide bonds. The van der Waals surface area contributed by atoms with Crippen LogP contribution in [0.25, 0.3) is 0 Å². The van der Waals surface area contributed by atoms with Gasteiger partial charge in [-0.3, -0.25) is 4.79 Å². The number of rotatable bonds is 2. The Kier molecular flexibility index (Phi) is 3.80. The summed E-state index contributed by atoms with van der Waals surface area (Å²) in [6.07, 6.45) is 1.52. The Balaban J connectivity index is 2.51. The lowest BCUT2D eigenvalue weighted by Crippen LogP contribution is -2.38. The Morgan fingerprint density at radius 3 is 2.31 bits per heavy atom. The van der Waals surface area contributed by atoms with Crippen LogP contribution in [0.4, 0.5) is 0 Å². The van der Waals surface area contributed by atoms with E-state index in [1.165, 1.54) is 0 Å². The smallest absolute Gasteiger partial charge is 0.382 e. The van der Waals surface area contributed by atoms with Gasteiger partial charge in [0, 0.05) is 5.41 Å². The van der Waals surface area contributed by atoms with Crippen molar-refractivity contribution < 1.29 is 19.1 Å². The zero-order valence-electron chi connectivity index (χ0n) is 9.83. The first-order valence-corrected chi connectivity index (χ1v) is 5.36. The molecular weight excluding hydrogens is 210 g/mol. The largest absolute Gasteiger partial charge is 0.386 e. The van der Waals surface area contributed by atoms with Gasteiger partial charge in [0.1, 0.15) is 6.04 Å². The molecule has 1 rings (SSSR count). The highest BCUT2D eigenvalue weighted by Gasteiger charge is 2.33. The summed E-state index contributed by atoms with van der Waals surface area (Å²) in [4.78, 5) is 34.2. The highest BCUT2D eigenvalue weighted by molar-refractivity contribution is 6.37. The molecule has 1 heterocycles. The Morgan fingerprint density at radius 1 is 1.25 bits per heavy atom. The highest BCUT2D eigenvalue weighted by Crippen LogP contribution is 2.16. The van der Waals surface area contributed by atoms with Crippen LogP contribution in [0, 0.1) is 5.41 Å². The van der Waals surface area contributed by atoms with E-state index in [9.17, 15) is 14.4 Å². The van der Waals surface area contributed by atoms with E-state index in [0.717, 1.165) is 13.0 Å². The third-order valence-corrected chi connectivity index (χ3v) is 2.40. The molecule has 1 fully saturated rings. The van der Waals surface area contributed by atoms with Crippen LogP contribution >= 0.6 is 0 Å². The van der Waals surface area contributed by atoms with Crippen LogP contribution in [-0.2, 0) is 19.1 Å². The van der Waals surface area contributed by atoms with Gasteiger partial charge in [0.25, 0.3) is 0 Å². The molecule has 5 nitrogen and oxygen atoms in total. The van der Waals surface area contributed by atoms with Crippen molar-refractivity contribution in [1.29, 1.82) is 0 Å². The van der Waals surface area contributed by atoms with E-state index in [0.29, 0.717) is 6.42 Å². The summed E-state index contributed by atoms with van der Waals surface area (Å²) in [5, 5.41) is 2.90. The van der Waals surface area contributed by atoms with Crippen LogP contribution < -0.4 is 5.32 Å². The first-order chi connectivity index (χ1) is 7.32. The lowest BCUT2D eigenvalue weighted by Gasteiger charge is -2.15. The zero-order chi connectivity index (χ0) is 12.3. The van der Waals surface area contributed by atoms with E-state index in [1.807, 2.05) is 0 Å². The van der Waals surface area contributed by atoms with Gasteiger partial charge >= 0.3 is 11.9 Å². The number of carbonyl (C=O) groups is 3. The van der Waals surface area contributed by atoms with Gasteiger partial charge < -0.3 is 10.1 Å². The maximum Gasteiger partial charge on any atom is 0.382 e. The standard InChI is InChI=1S/C11H17NO4/c1-11(2,3)8(13)10(15)16-9(14)7-5-4-6-12-7/h7,12H,4-6H2,1-3H3. The first kappa shape index (κ1) is 12.8. The number of carbonyl (C=O) groups excluding carboxylic acids is 3. The Labute approximate surface area is 94.5 Å². The second kappa shape index (κ2) is 4.74. The molecule has 0 spiro atoms. The van der Waals surface area contributed by atoms with Crippen LogP contribution in [0.1, 0.15) is 33.6 Å². The van der Waals surface area contributed by atoms with E-state index in [-0.39, 0.29) is 0 Å². The third kappa shape index (κ3) is 3.13. The van der Waals surface area contributed by atoms with Crippen molar-refractivity contribution in [3.8, 4) is 0 Å². The van der Waals surface area contributed by atoms with Gasteiger partial charge in [-0.15, -0.1) is 0 Å². The van der Waals surface area contributed by atoms with Crippen molar-refractivity contribution in [2.45, 2.75) is 39.7 Å². The fraction of sp³-hybridized carbons (Fsp3) is 0.727. The number of esters is 2. The number of Topliss-reactive ketones (excluding diaryl/α,β-unsaturated/α-hetero) is 1. The molecule has 1 unspecified atom stereocenters. The van der Waals surface area contributed by atoms with Gasteiger partial charge in [-0.2, -0.15) is 0 Å².